The van der Waals surface area contributed by atoms with E-state index in [1.54, 1.807) is 4.90 Å². The van der Waals surface area contributed by atoms with Crippen LogP contribution in [0.25, 0.3) is 0 Å². The fraction of sp³-hybridized carbons (Fsp3) is 0.438. The van der Waals surface area contributed by atoms with Gasteiger partial charge in [-0.15, -0.1) is 0 Å². The zero-order valence-corrected chi connectivity index (χ0v) is 12.1. The van der Waals surface area contributed by atoms with Crippen molar-refractivity contribution in [3.8, 4) is 0 Å². The minimum Gasteiger partial charge on any atom is -0.322 e. The second kappa shape index (κ2) is 4.91. The molecule has 0 aromatic heterocycles. The van der Waals surface area contributed by atoms with E-state index in [2.05, 4.69) is 16.7 Å². The summed E-state index contributed by atoms with van der Waals surface area (Å²) in [6, 6.07) is 5.50. The van der Waals surface area contributed by atoms with Gasteiger partial charge in [0.15, 0.2) is 0 Å². The molecule has 2 N–H and O–H groups in total. The highest BCUT2D eigenvalue weighted by Crippen LogP contribution is 2.30. The third-order valence-corrected chi connectivity index (χ3v) is 4.81. The second-order valence-electron chi connectivity index (χ2n) is 6.17. The van der Waals surface area contributed by atoms with E-state index in [9.17, 15) is 14.4 Å². The fourth-order valence-corrected chi connectivity index (χ4v) is 3.35. The van der Waals surface area contributed by atoms with Crippen molar-refractivity contribution in [3.05, 3.63) is 34.9 Å². The number of piperidine rings is 1. The van der Waals surface area contributed by atoms with Gasteiger partial charge in [-0.1, -0.05) is 12.1 Å². The molecule has 6 nitrogen and oxygen atoms in total. The van der Waals surface area contributed by atoms with Crippen molar-refractivity contribution >= 4 is 17.7 Å². The predicted octanol–water partition coefficient (Wildman–Crippen LogP) is 0.134. The molecular formula is C16H17N3O3. The number of nitrogens with one attached hydrogen (secondary N) is 2. The number of benzene rings is 1. The lowest BCUT2D eigenvalue weighted by molar-refractivity contribution is -0.136. The molecule has 2 fully saturated rings. The summed E-state index contributed by atoms with van der Waals surface area (Å²) >= 11 is 0. The van der Waals surface area contributed by atoms with E-state index < -0.39 is 6.04 Å². The van der Waals surface area contributed by atoms with Crippen LogP contribution < -0.4 is 10.6 Å². The first-order valence-corrected chi connectivity index (χ1v) is 7.61. The molecule has 1 unspecified atom stereocenters. The molecule has 6 heteroatoms. The molecule has 4 rings (SSSR count). The topological polar surface area (TPSA) is 78.5 Å². The lowest BCUT2D eigenvalue weighted by Crippen LogP contribution is -2.52. The highest BCUT2D eigenvalue weighted by atomic mass is 16.2. The lowest BCUT2D eigenvalue weighted by atomic mass is 9.91. The van der Waals surface area contributed by atoms with E-state index in [0.717, 1.165) is 18.7 Å². The molecular weight excluding hydrogens is 282 g/mol. The maximum atomic E-state index is 12.6. The van der Waals surface area contributed by atoms with Crippen LogP contribution in [0.2, 0.25) is 0 Å². The molecule has 3 heterocycles. The van der Waals surface area contributed by atoms with E-state index in [0.29, 0.717) is 24.4 Å². The van der Waals surface area contributed by atoms with Crippen molar-refractivity contribution in [2.75, 3.05) is 13.1 Å². The van der Waals surface area contributed by atoms with Crippen LogP contribution in [0.5, 0.6) is 0 Å². The van der Waals surface area contributed by atoms with Gasteiger partial charge >= 0.3 is 0 Å². The Kier molecular flexibility index (Phi) is 3.00. The van der Waals surface area contributed by atoms with Gasteiger partial charge in [-0.2, -0.15) is 0 Å². The molecule has 0 saturated carbocycles. The van der Waals surface area contributed by atoms with E-state index in [1.807, 2.05) is 12.1 Å². The van der Waals surface area contributed by atoms with Gasteiger partial charge in [-0.05, 0) is 23.6 Å². The summed E-state index contributed by atoms with van der Waals surface area (Å²) in [7, 11) is 0. The predicted molar refractivity (Wildman–Crippen MR) is 78.1 cm³/mol. The minimum atomic E-state index is -0.536. The number of carbonyl (C=O) groups is 3. The molecule has 1 aromatic carbocycles. The van der Waals surface area contributed by atoms with Crippen LogP contribution in [0.3, 0.4) is 0 Å². The molecule has 0 bridgehead atoms. The van der Waals surface area contributed by atoms with Gasteiger partial charge in [-0.3, -0.25) is 19.7 Å². The monoisotopic (exact) mass is 299 g/mol. The molecule has 3 amide bonds. The zero-order chi connectivity index (χ0) is 15.3. The van der Waals surface area contributed by atoms with E-state index in [1.165, 1.54) is 5.56 Å². The van der Waals surface area contributed by atoms with Crippen LogP contribution in [0, 0.1) is 0 Å². The normalized spacial score (nSPS) is 25.0. The molecule has 22 heavy (non-hydrogen) atoms. The highest BCUT2D eigenvalue weighted by Gasteiger charge is 2.39. The summed E-state index contributed by atoms with van der Waals surface area (Å²) in [5.41, 5.74) is 2.84. The molecule has 3 aliphatic rings. The minimum absolute atomic E-state index is 0.0985. The molecule has 0 spiro atoms. The van der Waals surface area contributed by atoms with Gasteiger partial charge in [0, 0.05) is 37.5 Å². The summed E-state index contributed by atoms with van der Waals surface area (Å²) in [4.78, 5) is 37.5. The summed E-state index contributed by atoms with van der Waals surface area (Å²) in [5.74, 6) is -0.243. The first-order valence-electron chi connectivity index (χ1n) is 7.61. The van der Waals surface area contributed by atoms with Crippen molar-refractivity contribution in [2.45, 2.75) is 31.3 Å². The summed E-state index contributed by atoms with van der Waals surface area (Å²) in [6.07, 6.45) is 0.694. The van der Waals surface area contributed by atoms with Crippen molar-refractivity contribution in [3.63, 3.8) is 0 Å². The van der Waals surface area contributed by atoms with Gasteiger partial charge in [0.25, 0.3) is 5.91 Å². The van der Waals surface area contributed by atoms with Crippen LogP contribution >= 0.6 is 0 Å². The second-order valence-corrected chi connectivity index (χ2v) is 6.17. The number of fused-ring (bicyclic) bond motifs is 1. The number of hydrogen-bond donors (Lipinski definition) is 2. The van der Waals surface area contributed by atoms with Crippen LogP contribution in [-0.2, 0) is 16.1 Å². The van der Waals surface area contributed by atoms with Gasteiger partial charge in [0.05, 0.1) is 0 Å². The summed E-state index contributed by atoms with van der Waals surface area (Å²) < 4.78 is 0. The van der Waals surface area contributed by atoms with E-state index in [4.69, 9.17) is 0 Å². The van der Waals surface area contributed by atoms with Crippen LogP contribution in [0.4, 0.5) is 0 Å². The first-order chi connectivity index (χ1) is 10.6. The van der Waals surface area contributed by atoms with Gasteiger partial charge in [-0.25, -0.2) is 0 Å². The van der Waals surface area contributed by atoms with Crippen molar-refractivity contribution in [1.29, 1.82) is 0 Å². The maximum Gasteiger partial charge on any atom is 0.255 e. The third-order valence-electron chi connectivity index (χ3n) is 4.81. The van der Waals surface area contributed by atoms with Crippen molar-refractivity contribution in [2.24, 2.45) is 0 Å². The summed E-state index contributed by atoms with van der Waals surface area (Å²) in [6.45, 7) is 2.34. The molecule has 3 aliphatic heterocycles. The summed E-state index contributed by atoms with van der Waals surface area (Å²) in [5, 5.41) is 5.55. The number of hydrogen-bond acceptors (Lipinski definition) is 4. The third kappa shape index (κ3) is 2.02. The van der Waals surface area contributed by atoms with Crippen molar-refractivity contribution < 1.29 is 14.4 Å². The zero-order valence-electron chi connectivity index (χ0n) is 12.1. The van der Waals surface area contributed by atoms with Crippen molar-refractivity contribution in [1.82, 2.24) is 15.5 Å². The number of nitrogens with zero attached hydrogens (tertiary/aromatic N) is 1. The van der Waals surface area contributed by atoms with Gasteiger partial charge in [0.2, 0.25) is 11.8 Å². The molecule has 0 aliphatic carbocycles. The van der Waals surface area contributed by atoms with Gasteiger partial charge in [0.1, 0.15) is 6.04 Å². The lowest BCUT2D eigenvalue weighted by Gasteiger charge is -2.29. The molecule has 1 aromatic rings. The number of rotatable bonds is 2. The Bertz CT molecular complexity index is 681. The molecule has 2 saturated heterocycles. The fourth-order valence-electron chi connectivity index (χ4n) is 3.35. The number of amides is 3. The standard InChI is InChI=1S/C16H17N3O3/c20-14-4-3-13(15(21)18-14)19-8-10-2-1-9(11-6-17-7-11)5-12(10)16(19)22/h1-2,5,11,13,17H,3-4,6-8H2,(H,18,20,21). The Morgan fingerprint density at radius 2 is 1.95 bits per heavy atom. The van der Waals surface area contributed by atoms with Crippen LogP contribution in [-0.4, -0.2) is 41.8 Å². The Morgan fingerprint density at radius 1 is 1.14 bits per heavy atom. The number of imide groups is 1. The van der Waals surface area contributed by atoms with E-state index >= 15 is 0 Å². The quantitative estimate of drug-likeness (QED) is 0.761. The first kappa shape index (κ1) is 13.5. The Morgan fingerprint density at radius 3 is 2.64 bits per heavy atom. The van der Waals surface area contributed by atoms with Gasteiger partial charge < -0.3 is 10.2 Å². The average molecular weight is 299 g/mol. The van der Waals surface area contributed by atoms with E-state index in [-0.39, 0.29) is 24.1 Å². The average Bonchev–Trinajstić information content (AvgIpc) is 2.74. The largest absolute Gasteiger partial charge is 0.322 e. The van der Waals surface area contributed by atoms with Crippen LogP contribution in [0.1, 0.15) is 40.2 Å². The smallest absolute Gasteiger partial charge is 0.255 e. The maximum absolute atomic E-state index is 12.6. The Balaban J connectivity index is 1.59. The number of carbonyl (C=O) groups excluding carboxylic acids is 3. The molecule has 1 atom stereocenters. The Hall–Kier alpha value is -2.21. The highest BCUT2D eigenvalue weighted by molar-refractivity contribution is 6.05. The SMILES string of the molecule is O=C1CCC(N2Cc3ccc(C4CNC4)cc3C2=O)C(=O)N1. The molecule has 0 radical (unpaired) electrons. The Labute approximate surface area is 127 Å². The molecule has 114 valence electrons. The van der Waals surface area contributed by atoms with Crippen LogP contribution in [0.15, 0.2) is 18.2 Å².